The normalized spacial score (nSPS) is 32.1. The fourth-order valence-electron chi connectivity index (χ4n) is 2.30. The molecule has 10 heavy (non-hydrogen) atoms. The van der Waals surface area contributed by atoms with E-state index in [4.69, 9.17) is 0 Å². The minimum Gasteiger partial charge on any atom is -0.246 e. The smallest absolute Gasteiger partial charge is 0.0201 e. The van der Waals surface area contributed by atoms with E-state index in [0.717, 1.165) is 5.41 Å². The van der Waals surface area contributed by atoms with Gasteiger partial charge < -0.3 is 0 Å². The van der Waals surface area contributed by atoms with E-state index < -0.39 is 0 Å². The molecule has 0 N–H and O–H groups in total. The standard InChI is InChI=1S/C8H14IN/c9-10-6-8(7-10)4-2-1-3-5-8/h1-7H2. The van der Waals surface area contributed by atoms with Crippen LogP contribution < -0.4 is 0 Å². The number of halogens is 1. The van der Waals surface area contributed by atoms with Gasteiger partial charge in [-0.15, -0.1) is 0 Å². The molecule has 1 aliphatic carbocycles. The Labute approximate surface area is 76.7 Å². The number of nitrogens with zero attached hydrogens (tertiary/aromatic N) is 1. The molecule has 0 atom stereocenters. The monoisotopic (exact) mass is 251 g/mol. The van der Waals surface area contributed by atoms with Crippen molar-refractivity contribution in [1.82, 2.24) is 3.11 Å². The molecule has 0 bridgehead atoms. The van der Waals surface area contributed by atoms with Gasteiger partial charge in [0.05, 0.1) is 0 Å². The molecule has 0 aromatic carbocycles. The summed E-state index contributed by atoms with van der Waals surface area (Å²) < 4.78 is 2.42. The molecular formula is C8H14IN. The third kappa shape index (κ3) is 1.20. The van der Waals surface area contributed by atoms with Crippen LogP contribution in [-0.2, 0) is 0 Å². The molecule has 1 saturated carbocycles. The van der Waals surface area contributed by atoms with Gasteiger partial charge in [0.1, 0.15) is 0 Å². The summed E-state index contributed by atoms with van der Waals surface area (Å²) >= 11 is 2.44. The highest BCUT2D eigenvalue weighted by Crippen LogP contribution is 2.44. The zero-order valence-corrected chi connectivity index (χ0v) is 8.43. The first-order chi connectivity index (χ1) is 4.81. The lowest BCUT2D eigenvalue weighted by molar-refractivity contribution is 0.0506. The van der Waals surface area contributed by atoms with Crippen LogP contribution in [0.3, 0.4) is 0 Å². The predicted molar refractivity (Wildman–Crippen MR) is 51.1 cm³/mol. The van der Waals surface area contributed by atoms with E-state index in [9.17, 15) is 0 Å². The molecule has 1 heterocycles. The van der Waals surface area contributed by atoms with Gasteiger partial charge >= 0.3 is 0 Å². The lowest BCUT2D eigenvalue weighted by Crippen LogP contribution is -2.52. The molecule has 2 fully saturated rings. The maximum absolute atomic E-state index is 2.44. The molecule has 0 amide bonds. The van der Waals surface area contributed by atoms with Crippen LogP contribution in [0, 0.1) is 5.41 Å². The van der Waals surface area contributed by atoms with Crippen molar-refractivity contribution in [2.24, 2.45) is 5.41 Å². The van der Waals surface area contributed by atoms with Gasteiger partial charge in [-0.25, -0.2) is 3.11 Å². The second-order valence-corrected chi connectivity index (χ2v) is 5.20. The van der Waals surface area contributed by atoms with E-state index in [1.807, 2.05) is 0 Å². The van der Waals surface area contributed by atoms with E-state index in [2.05, 4.69) is 26.0 Å². The largest absolute Gasteiger partial charge is 0.246 e. The molecule has 0 aromatic heterocycles. The minimum absolute atomic E-state index is 0.791. The molecule has 2 rings (SSSR count). The van der Waals surface area contributed by atoms with Crippen molar-refractivity contribution in [3.63, 3.8) is 0 Å². The van der Waals surface area contributed by atoms with Gasteiger partial charge in [0.2, 0.25) is 0 Å². The van der Waals surface area contributed by atoms with E-state index in [0.29, 0.717) is 0 Å². The fraction of sp³-hybridized carbons (Fsp3) is 1.00. The molecule has 1 aliphatic heterocycles. The Morgan fingerprint density at radius 2 is 1.60 bits per heavy atom. The Balaban J connectivity index is 1.90. The van der Waals surface area contributed by atoms with Crippen LogP contribution in [0.15, 0.2) is 0 Å². The van der Waals surface area contributed by atoms with Crippen molar-refractivity contribution in [3.05, 3.63) is 0 Å². The first kappa shape index (κ1) is 7.35. The SMILES string of the molecule is IN1CC2(CCCCC2)C1. The van der Waals surface area contributed by atoms with Gasteiger partial charge in [0, 0.05) is 36.0 Å². The summed E-state index contributed by atoms with van der Waals surface area (Å²) in [7, 11) is 0. The third-order valence-corrected chi connectivity index (χ3v) is 3.61. The van der Waals surface area contributed by atoms with E-state index in [-0.39, 0.29) is 0 Å². The molecule has 0 radical (unpaired) electrons. The fourth-order valence-corrected chi connectivity index (χ4v) is 3.75. The van der Waals surface area contributed by atoms with Crippen molar-refractivity contribution >= 4 is 22.9 Å². The molecule has 0 unspecified atom stereocenters. The Morgan fingerprint density at radius 3 is 2.10 bits per heavy atom. The van der Waals surface area contributed by atoms with Crippen LogP contribution in [0.4, 0.5) is 0 Å². The van der Waals surface area contributed by atoms with Crippen LogP contribution in [0.25, 0.3) is 0 Å². The summed E-state index contributed by atoms with van der Waals surface area (Å²) in [4.78, 5) is 0. The zero-order chi connectivity index (χ0) is 7.03. The maximum atomic E-state index is 2.44. The summed E-state index contributed by atoms with van der Waals surface area (Å²) in [6.45, 7) is 2.74. The first-order valence-corrected chi connectivity index (χ1v) is 5.18. The second kappa shape index (κ2) is 2.63. The van der Waals surface area contributed by atoms with Crippen molar-refractivity contribution in [3.8, 4) is 0 Å². The summed E-state index contributed by atoms with van der Waals surface area (Å²) in [5.41, 5.74) is 0.791. The highest BCUT2D eigenvalue weighted by molar-refractivity contribution is 14.1. The molecule has 1 saturated heterocycles. The zero-order valence-electron chi connectivity index (χ0n) is 6.27. The van der Waals surface area contributed by atoms with Crippen LogP contribution in [0.5, 0.6) is 0 Å². The number of hydrogen-bond acceptors (Lipinski definition) is 1. The lowest BCUT2D eigenvalue weighted by Gasteiger charge is -2.49. The molecule has 0 aromatic rings. The van der Waals surface area contributed by atoms with Crippen LogP contribution in [0.1, 0.15) is 32.1 Å². The lowest BCUT2D eigenvalue weighted by atomic mass is 9.70. The van der Waals surface area contributed by atoms with Crippen molar-refractivity contribution < 1.29 is 0 Å². The molecule has 1 nitrogen and oxygen atoms in total. The van der Waals surface area contributed by atoms with Gasteiger partial charge in [-0.3, -0.25) is 0 Å². The van der Waals surface area contributed by atoms with Crippen LogP contribution in [0.2, 0.25) is 0 Å². The Morgan fingerprint density at radius 1 is 1.00 bits per heavy atom. The molecule has 2 aliphatic rings. The Kier molecular flexibility index (Phi) is 1.93. The minimum atomic E-state index is 0.791. The predicted octanol–water partition coefficient (Wildman–Crippen LogP) is 2.60. The summed E-state index contributed by atoms with van der Waals surface area (Å²) in [6, 6.07) is 0. The first-order valence-electron chi connectivity index (χ1n) is 4.22. The van der Waals surface area contributed by atoms with Gasteiger partial charge in [0.15, 0.2) is 0 Å². The Hall–Kier alpha value is 0.690. The molecule has 2 heteroatoms. The van der Waals surface area contributed by atoms with Crippen molar-refractivity contribution in [2.45, 2.75) is 32.1 Å². The highest BCUT2D eigenvalue weighted by Gasteiger charge is 2.42. The van der Waals surface area contributed by atoms with Crippen LogP contribution in [-0.4, -0.2) is 16.2 Å². The topological polar surface area (TPSA) is 3.24 Å². The number of hydrogen-bond donors (Lipinski definition) is 0. The van der Waals surface area contributed by atoms with Crippen molar-refractivity contribution in [1.29, 1.82) is 0 Å². The molecule has 1 spiro atoms. The number of rotatable bonds is 0. The van der Waals surface area contributed by atoms with E-state index in [1.54, 1.807) is 0 Å². The summed E-state index contributed by atoms with van der Waals surface area (Å²) in [6.07, 6.45) is 7.48. The highest BCUT2D eigenvalue weighted by atomic mass is 127. The van der Waals surface area contributed by atoms with Gasteiger partial charge in [0.25, 0.3) is 0 Å². The Bertz CT molecular complexity index is 114. The van der Waals surface area contributed by atoms with Gasteiger partial charge in [-0.1, -0.05) is 19.3 Å². The van der Waals surface area contributed by atoms with Gasteiger partial charge in [-0.05, 0) is 18.3 Å². The maximum Gasteiger partial charge on any atom is 0.0201 e. The quantitative estimate of drug-likeness (QED) is 0.472. The summed E-state index contributed by atoms with van der Waals surface area (Å²) in [5.74, 6) is 0. The molecule has 58 valence electrons. The van der Waals surface area contributed by atoms with E-state index in [1.165, 1.54) is 45.2 Å². The summed E-state index contributed by atoms with van der Waals surface area (Å²) in [5, 5.41) is 0. The average Bonchev–Trinajstić information content (AvgIpc) is 1.87. The molecular weight excluding hydrogens is 237 g/mol. The average molecular weight is 251 g/mol. The van der Waals surface area contributed by atoms with Gasteiger partial charge in [-0.2, -0.15) is 0 Å². The van der Waals surface area contributed by atoms with Crippen LogP contribution >= 0.6 is 22.9 Å². The van der Waals surface area contributed by atoms with Crippen molar-refractivity contribution in [2.75, 3.05) is 13.1 Å². The second-order valence-electron chi connectivity index (χ2n) is 3.84. The third-order valence-electron chi connectivity index (χ3n) is 2.93. The van der Waals surface area contributed by atoms with E-state index >= 15 is 0 Å².